The molecule has 1 N–H and O–H groups in total. The van der Waals surface area contributed by atoms with Gasteiger partial charge in [0.25, 0.3) is 0 Å². The van der Waals surface area contributed by atoms with E-state index in [4.69, 9.17) is 4.74 Å². The average molecular weight is 645 g/mol. The third-order valence-electron chi connectivity index (χ3n) is 7.30. The highest BCUT2D eigenvalue weighted by Crippen LogP contribution is 2.22. The van der Waals surface area contributed by atoms with E-state index in [0.717, 1.165) is 36.6 Å². The van der Waals surface area contributed by atoms with Gasteiger partial charge in [0.1, 0.15) is 5.75 Å². The van der Waals surface area contributed by atoms with E-state index >= 15 is 0 Å². The molecular weight excluding hydrogens is 594 g/mol. The molecule has 7 heteroatoms. The van der Waals surface area contributed by atoms with Crippen molar-refractivity contribution < 1.29 is 31.1 Å². The lowest BCUT2D eigenvalue weighted by atomic mass is 10.1. The van der Waals surface area contributed by atoms with Crippen LogP contribution in [-0.2, 0) is 13.1 Å². The number of ether oxygens (including phenoxy) is 1. The second kappa shape index (κ2) is 20.5. The lowest BCUT2D eigenvalue weighted by molar-refractivity contribution is -0.683. The molecule has 0 saturated heterocycles. The summed E-state index contributed by atoms with van der Waals surface area (Å²) in [5.74, 6) is 0.871. The van der Waals surface area contributed by atoms with E-state index in [2.05, 4.69) is 59.7 Å². The molecule has 2 aromatic carbocycles. The molecule has 0 radical (unpaired) electrons. The van der Waals surface area contributed by atoms with Crippen molar-refractivity contribution in [1.82, 2.24) is 5.32 Å². The number of rotatable bonds is 19. The summed E-state index contributed by atoms with van der Waals surface area (Å²) in [6, 6.07) is 16.2. The number of aromatic nitrogens is 1. The zero-order chi connectivity index (χ0) is 28.4. The SMILES string of the molecule is CCCCCCCCCCCCCCOc1cccc(CN(C(=O)NC)c2ccc(C[n+]3csc(C)c3)cc2)c1.[Br-]. The third kappa shape index (κ3) is 13.4. The maximum atomic E-state index is 12.8. The number of carbonyl (C=O) groups excluding carboxylic acids is 1. The Morgan fingerprint density at radius 3 is 2.10 bits per heavy atom. The molecule has 3 aromatic rings. The molecule has 1 aromatic heterocycles. The number of nitrogens with zero attached hydrogens (tertiary/aromatic N) is 2. The van der Waals surface area contributed by atoms with Crippen LogP contribution in [0.25, 0.3) is 0 Å². The molecule has 0 aliphatic heterocycles. The topological polar surface area (TPSA) is 45.5 Å². The number of amides is 2. The van der Waals surface area contributed by atoms with Crippen LogP contribution in [0, 0.1) is 6.92 Å². The number of anilines is 1. The van der Waals surface area contributed by atoms with E-state index in [0.29, 0.717) is 6.54 Å². The van der Waals surface area contributed by atoms with Crippen molar-refractivity contribution in [3.05, 3.63) is 76.2 Å². The fourth-order valence-corrected chi connectivity index (χ4v) is 5.62. The summed E-state index contributed by atoms with van der Waals surface area (Å²) in [7, 11) is 1.67. The zero-order valence-corrected chi connectivity index (χ0v) is 27.8. The predicted octanol–water partition coefficient (Wildman–Crippen LogP) is 5.82. The van der Waals surface area contributed by atoms with E-state index in [-0.39, 0.29) is 23.0 Å². The molecule has 1 heterocycles. The Morgan fingerprint density at radius 2 is 1.51 bits per heavy atom. The number of hydrogen-bond acceptors (Lipinski definition) is 3. The Morgan fingerprint density at radius 1 is 0.878 bits per heavy atom. The van der Waals surface area contributed by atoms with E-state index < -0.39 is 0 Å². The van der Waals surface area contributed by atoms with Crippen LogP contribution in [0.3, 0.4) is 0 Å². The molecule has 226 valence electrons. The van der Waals surface area contributed by atoms with Crippen molar-refractivity contribution in [3.8, 4) is 5.75 Å². The van der Waals surface area contributed by atoms with Crippen LogP contribution in [0.5, 0.6) is 5.75 Å². The van der Waals surface area contributed by atoms with Gasteiger partial charge in [0, 0.05) is 18.3 Å². The zero-order valence-electron chi connectivity index (χ0n) is 25.4. The largest absolute Gasteiger partial charge is 1.00 e. The summed E-state index contributed by atoms with van der Waals surface area (Å²) < 4.78 is 8.25. The first-order chi connectivity index (χ1) is 19.6. The Bertz CT molecular complexity index is 1120. The van der Waals surface area contributed by atoms with Crippen LogP contribution >= 0.6 is 11.3 Å². The van der Waals surface area contributed by atoms with Crippen molar-refractivity contribution in [2.75, 3.05) is 18.6 Å². The Kier molecular flexibility index (Phi) is 17.4. The summed E-state index contributed by atoms with van der Waals surface area (Å²) in [6.45, 7) is 6.43. The van der Waals surface area contributed by atoms with Crippen molar-refractivity contribution in [2.24, 2.45) is 0 Å². The Labute approximate surface area is 263 Å². The number of nitrogens with one attached hydrogen (secondary N) is 1. The van der Waals surface area contributed by atoms with E-state index in [1.54, 1.807) is 23.3 Å². The van der Waals surface area contributed by atoms with Gasteiger partial charge in [-0.1, -0.05) is 113 Å². The summed E-state index contributed by atoms with van der Waals surface area (Å²) >= 11 is 1.75. The number of hydrogen-bond donors (Lipinski definition) is 1. The number of thiazole rings is 1. The summed E-state index contributed by atoms with van der Waals surface area (Å²) in [5, 5.41) is 2.79. The number of halogens is 1. The lowest BCUT2D eigenvalue weighted by Gasteiger charge is -2.23. The molecule has 0 unspecified atom stereocenters. The smallest absolute Gasteiger partial charge is 0.321 e. The molecule has 0 atom stereocenters. The van der Waals surface area contributed by atoms with Crippen molar-refractivity contribution in [2.45, 2.75) is 104 Å². The number of carbonyl (C=O) groups is 1. The molecule has 41 heavy (non-hydrogen) atoms. The van der Waals surface area contributed by atoms with E-state index in [1.807, 2.05) is 24.3 Å². The van der Waals surface area contributed by atoms with Crippen LogP contribution < -0.4 is 36.5 Å². The molecule has 0 bridgehead atoms. The number of unbranched alkanes of at least 4 members (excludes halogenated alkanes) is 11. The van der Waals surface area contributed by atoms with Gasteiger partial charge < -0.3 is 27.0 Å². The second-order valence-electron chi connectivity index (χ2n) is 10.8. The van der Waals surface area contributed by atoms with Gasteiger partial charge in [0.2, 0.25) is 5.51 Å². The van der Waals surface area contributed by atoms with Gasteiger partial charge in [-0.3, -0.25) is 4.90 Å². The van der Waals surface area contributed by atoms with Crippen molar-refractivity contribution >= 4 is 23.1 Å². The minimum atomic E-state index is -0.126. The highest BCUT2D eigenvalue weighted by atomic mass is 79.9. The summed E-state index contributed by atoms with van der Waals surface area (Å²) in [6.07, 6.45) is 18.2. The normalized spacial score (nSPS) is 10.7. The molecule has 0 aliphatic rings. The van der Waals surface area contributed by atoms with Gasteiger partial charge in [0.15, 0.2) is 12.7 Å². The maximum Gasteiger partial charge on any atom is 0.321 e. The highest BCUT2D eigenvalue weighted by molar-refractivity contribution is 7.09. The molecule has 0 saturated carbocycles. The second-order valence-corrected chi connectivity index (χ2v) is 11.9. The minimum absolute atomic E-state index is 0. The first kappa shape index (κ1) is 34.8. The fourth-order valence-electron chi connectivity index (χ4n) is 4.98. The van der Waals surface area contributed by atoms with Crippen molar-refractivity contribution in [1.29, 1.82) is 0 Å². The van der Waals surface area contributed by atoms with Crippen LogP contribution in [-0.4, -0.2) is 19.7 Å². The van der Waals surface area contributed by atoms with Crippen LogP contribution in [0.15, 0.2) is 60.2 Å². The van der Waals surface area contributed by atoms with Crippen LogP contribution in [0.1, 0.15) is 100.0 Å². The first-order valence-electron chi connectivity index (χ1n) is 15.3. The van der Waals surface area contributed by atoms with Gasteiger partial charge in [-0.2, -0.15) is 4.57 Å². The lowest BCUT2D eigenvalue weighted by Crippen LogP contribution is -3.00. The molecular formula is C34H50BrN3O2S. The monoisotopic (exact) mass is 643 g/mol. The fraction of sp³-hybridized carbons (Fsp3) is 0.529. The highest BCUT2D eigenvalue weighted by Gasteiger charge is 2.16. The molecule has 3 rings (SSSR count). The molecule has 5 nitrogen and oxygen atoms in total. The third-order valence-corrected chi connectivity index (χ3v) is 8.15. The number of urea groups is 1. The first-order valence-corrected chi connectivity index (χ1v) is 16.2. The number of benzene rings is 2. The Balaban J connectivity index is 0.00000588. The van der Waals surface area contributed by atoms with Gasteiger partial charge in [-0.25, -0.2) is 4.79 Å². The molecule has 2 amide bonds. The van der Waals surface area contributed by atoms with E-state index in [9.17, 15) is 4.79 Å². The van der Waals surface area contributed by atoms with Crippen LogP contribution in [0.4, 0.5) is 10.5 Å². The predicted molar refractivity (Wildman–Crippen MR) is 168 cm³/mol. The van der Waals surface area contributed by atoms with E-state index in [1.165, 1.54) is 81.1 Å². The quantitative estimate of drug-likeness (QED) is 0.132. The van der Waals surface area contributed by atoms with Gasteiger partial charge in [0.05, 0.1) is 18.0 Å². The Hall–Kier alpha value is -2.38. The summed E-state index contributed by atoms with van der Waals surface area (Å²) in [5.41, 5.74) is 5.26. The summed E-state index contributed by atoms with van der Waals surface area (Å²) in [4.78, 5) is 15.8. The van der Waals surface area contributed by atoms with Crippen molar-refractivity contribution in [3.63, 3.8) is 0 Å². The minimum Gasteiger partial charge on any atom is -1.00 e. The standard InChI is InChI=1S/C34H49N3O2S.BrH/c1-4-5-6-7-8-9-10-11-12-13-14-15-23-39-33-18-16-17-31(24-33)27-37(34(38)35-3)32-21-19-30(20-22-32)26-36-25-29(2)40-28-36;/h16-22,24-25,28H,4-15,23,26-27H2,1-3H3;1H. The van der Waals surface area contributed by atoms with Gasteiger partial charge in [-0.05, 0) is 43.2 Å². The molecule has 0 fully saturated rings. The number of aryl methyl sites for hydroxylation is 1. The van der Waals surface area contributed by atoms with Crippen LogP contribution in [0.2, 0.25) is 0 Å². The van der Waals surface area contributed by atoms with Gasteiger partial charge >= 0.3 is 6.03 Å². The maximum absolute atomic E-state index is 12.8. The van der Waals surface area contributed by atoms with Gasteiger partial charge in [-0.15, -0.1) is 0 Å². The molecule has 0 aliphatic carbocycles. The molecule has 0 spiro atoms. The average Bonchev–Trinajstić information content (AvgIpc) is 3.38.